The van der Waals surface area contributed by atoms with Crippen LogP contribution in [0, 0.1) is 0 Å². The number of Topliss-reactive ketones (excluding diaryl/α,β-unsaturated/α-hetero) is 1. The molecule has 0 aromatic heterocycles. The lowest BCUT2D eigenvalue weighted by atomic mass is 10.1. The van der Waals surface area contributed by atoms with Gasteiger partial charge < -0.3 is 15.1 Å². The lowest BCUT2D eigenvalue weighted by Crippen LogP contribution is -2.58. The van der Waals surface area contributed by atoms with E-state index in [4.69, 9.17) is 0 Å². The van der Waals surface area contributed by atoms with E-state index in [0.29, 0.717) is 13.0 Å². The van der Waals surface area contributed by atoms with E-state index in [1.54, 1.807) is 11.9 Å². The molecule has 0 bridgehead atoms. The molecule has 7 heteroatoms. The fourth-order valence-corrected chi connectivity index (χ4v) is 2.32. The maximum atomic E-state index is 12.7. The molecule has 2 saturated heterocycles. The minimum Gasteiger partial charge on any atom is -0.341 e. The average molecular weight is 271 g/mol. The number of hydrogen-bond donors (Lipinski definition) is 1. The van der Waals surface area contributed by atoms with Gasteiger partial charge in [-0.25, -0.2) is 4.39 Å². The molecular formula is C12H18FN3O3. The minimum atomic E-state index is -1.02. The van der Waals surface area contributed by atoms with Crippen molar-refractivity contribution >= 4 is 17.6 Å². The quantitative estimate of drug-likeness (QED) is 0.648. The maximum Gasteiger partial charge on any atom is 0.291 e. The zero-order valence-corrected chi connectivity index (χ0v) is 10.9. The van der Waals surface area contributed by atoms with Crippen LogP contribution < -0.4 is 5.32 Å². The first kappa shape index (κ1) is 13.9. The van der Waals surface area contributed by atoms with Crippen LogP contribution in [0.5, 0.6) is 0 Å². The van der Waals surface area contributed by atoms with E-state index in [2.05, 4.69) is 5.32 Å². The van der Waals surface area contributed by atoms with Gasteiger partial charge in [0.2, 0.25) is 11.7 Å². The van der Waals surface area contributed by atoms with Gasteiger partial charge in [-0.15, -0.1) is 0 Å². The van der Waals surface area contributed by atoms with Gasteiger partial charge in [0.15, 0.2) is 0 Å². The van der Waals surface area contributed by atoms with Crippen LogP contribution in [-0.4, -0.2) is 72.8 Å². The second-order valence-corrected chi connectivity index (χ2v) is 4.96. The molecular weight excluding hydrogens is 253 g/mol. The van der Waals surface area contributed by atoms with Crippen molar-refractivity contribution in [3.63, 3.8) is 0 Å². The van der Waals surface area contributed by atoms with Crippen LogP contribution in [0.3, 0.4) is 0 Å². The van der Waals surface area contributed by atoms with E-state index in [1.807, 2.05) is 0 Å². The monoisotopic (exact) mass is 271 g/mol. The molecule has 6 nitrogen and oxygen atoms in total. The molecule has 0 saturated carbocycles. The van der Waals surface area contributed by atoms with Crippen molar-refractivity contribution in [3.05, 3.63) is 0 Å². The largest absolute Gasteiger partial charge is 0.341 e. The van der Waals surface area contributed by atoms with Crippen molar-refractivity contribution < 1.29 is 18.8 Å². The lowest BCUT2D eigenvalue weighted by molar-refractivity contribution is -0.150. The Balaban J connectivity index is 1.91. The highest BCUT2D eigenvalue weighted by atomic mass is 19.1. The van der Waals surface area contributed by atoms with Crippen molar-refractivity contribution in [1.82, 2.24) is 15.1 Å². The SMILES string of the molecule is CN[C@@H](CN1CCCC1=O)C(=O)C(=O)N1CC(F)C1. The molecule has 0 aromatic carbocycles. The number of hydrogen-bond acceptors (Lipinski definition) is 4. The van der Waals surface area contributed by atoms with Crippen LogP contribution in [0.25, 0.3) is 0 Å². The highest BCUT2D eigenvalue weighted by Gasteiger charge is 2.37. The molecule has 2 heterocycles. The first-order valence-corrected chi connectivity index (χ1v) is 6.45. The van der Waals surface area contributed by atoms with Crippen molar-refractivity contribution in [2.75, 3.05) is 33.2 Å². The summed E-state index contributed by atoms with van der Waals surface area (Å²) in [6.45, 7) is 0.800. The molecule has 2 aliphatic rings. The zero-order chi connectivity index (χ0) is 14.0. The van der Waals surface area contributed by atoms with Crippen LogP contribution in [0.1, 0.15) is 12.8 Å². The summed E-state index contributed by atoms with van der Waals surface area (Å²) in [7, 11) is 1.57. The summed E-state index contributed by atoms with van der Waals surface area (Å²) in [6.07, 6.45) is 0.256. The van der Waals surface area contributed by atoms with E-state index in [0.717, 1.165) is 6.42 Å². The Kier molecular flexibility index (Phi) is 4.14. The lowest BCUT2D eigenvalue weighted by Gasteiger charge is -2.34. The smallest absolute Gasteiger partial charge is 0.291 e. The minimum absolute atomic E-state index is 0.00766. The molecule has 0 spiro atoms. The zero-order valence-electron chi connectivity index (χ0n) is 10.9. The van der Waals surface area contributed by atoms with Gasteiger partial charge in [-0.1, -0.05) is 0 Å². The summed E-state index contributed by atoms with van der Waals surface area (Å²) in [6, 6.07) is -0.715. The van der Waals surface area contributed by atoms with Gasteiger partial charge in [0.05, 0.1) is 19.1 Å². The van der Waals surface area contributed by atoms with E-state index in [1.165, 1.54) is 4.90 Å². The Bertz CT molecular complexity index is 396. The van der Waals surface area contributed by atoms with Crippen molar-refractivity contribution in [1.29, 1.82) is 0 Å². The number of halogens is 1. The summed E-state index contributed by atoms with van der Waals surface area (Å²) in [5, 5.41) is 2.76. The Morgan fingerprint density at radius 1 is 1.47 bits per heavy atom. The third kappa shape index (κ3) is 2.91. The van der Waals surface area contributed by atoms with Crippen LogP contribution in [0.2, 0.25) is 0 Å². The predicted octanol–water partition coefficient (Wildman–Crippen LogP) is -1.05. The van der Waals surface area contributed by atoms with Crippen LogP contribution in [0.15, 0.2) is 0 Å². The molecule has 0 aromatic rings. The van der Waals surface area contributed by atoms with Gasteiger partial charge >= 0.3 is 0 Å². The molecule has 1 atom stereocenters. The predicted molar refractivity (Wildman–Crippen MR) is 65.1 cm³/mol. The standard InChI is InChI=1S/C12H18FN3O3/c1-14-9(7-15-4-2-3-10(15)17)11(18)12(19)16-5-8(13)6-16/h8-9,14H,2-7H2,1H3/t9-/m0/s1. The number of nitrogens with zero attached hydrogens (tertiary/aromatic N) is 2. The van der Waals surface area contributed by atoms with Gasteiger partial charge in [0, 0.05) is 19.5 Å². The Labute approximate surface area is 110 Å². The topological polar surface area (TPSA) is 69.7 Å². The normalized spacial score (nSPS) is 21.5. The van der Waals surface area contributed by atoms with Crippen LogP contribution in [-0.2, 0) is 14.4 Å². The van der Waals surface area contributed by atoms with E-state index in [-0.39, 0.29) is 25.5 Å². The number of amides is 2. The Hall–Kier alpha value is -1.50. The number of carbonyl (C=O) groups excluding carboxylic acids is 3. The molecule has 2 aliphatic heterocycles. The number of likely N-dealkylation sites (tertiary alicyclic amines) is 2. The van der Waals surface area contributed by atoms with Gasteiger partial charge in [-0.05, 0) is 13.5 Å². The number of rotatable bonds is 5. The van der Waals surface area contributed by atoms with Crippen molar-refractivity contribution in [2.45, 2.75) is 25.1 Å². The summed E-state index contributed by atoms with van der Waals surface area (Å²) in [5.74, 6) is -1.26. The molecule has 2 rings (SSSR count). The molecule has 2 fully saturated rings. The molecule has 106 valence electrons. The summed E-state index contributed by atoms with van der Waals surface area (Å²) >= 11 is 0. The van der Waals surface area contributed by atoms with E-state index in [9.17, 15) is 18.8 Å². The summed E-state index contributed by atoms with van der Waals surface area (Å²) in [4.78, 5) is 38.1. The fourth-order valence-electron chi connectivity index (χ4n) is 2.32. The highest BCUT2D eigenvalue weighted by Crippen LogP contribution is 2.14. The number of nitrogens with one attached hydrogen (secondary N) is 1. The van der Waals surface area contributed by atoms with Gasteiger partial charge in [-0.2, -0.15) is 0 Å². The average Bonchev–Trinajstić information content (AvgIpc) is 2.76. The van der Waals surface area contributed by atoms with Crippen molar-refractivity contribution in [3.8, 4) is 0 Å². The number of carbonyl (C=O) groups is 3. The third-order valence-electron chi connectivity index (χ3n) is 3.57. The molecule has 0 radical (unpaired) electrons. The first-order chi connectivity index (χ1) is 9.02. The first-order valence-electron chi connectivity index (χ1n) is 6.45. The fraction of sp³-hybridized carbons (Fsp3) is 0.750. The van der Waals surface area contributed by atoms with Crippen LogP contribution >= 0.6 is 0 Å². The molecule has 0 aliphatic carbocycles. The highest BCUT2D eigenvalue weighted by molar-refractivity contribution is 6.38. The Morgan fingerprint density at radius 3 is 2.63 bits per heavy atom. The molecule has 1 N–H and O–H groups in total. The third-order valence-corrected chi connectivity index (χ3v) is 3.57. The summed E-state index contributed by atoms with van der Waals surface area (Å²) in [5.41, 5.74) is 0. The van der Waals surface area contributed by atoms with Crippen LogP contribution in [0.4, 0.5) is 4.39 Å². The van der Waals surface area contributed by atoms with E-state index >= 15 is 0 Å². The van der Waals surface area contributed by atoms with Gasteiger partial charge in [0.25, 0.3) is 5.91 Å². The maximum absolute atomic E-state index is 12.7. The second kappa shape index (κ2) is 5.64. The number of likely N-dealkylation sites (N-methyl/N-ethyl adjacent to an activating group) is 1. The van der Waals surface area contributed by atoms with E-state index < -0.39 is 23.9 Å². The number of ketones is 1. The van der Waals surface area contributed by atoms with Gasteiger partial charge in [-0.3, -0.25) is 14.4 Å². The second-order valence-electron chi connectivity index (χ2n) is 4.96. The molecule has 19 heavy (non-hydrogen) atoms. The van der Waals surface area contributed by atoms with Gasteiger partial charge in [0.1, 0.15) is 6.17 Å². The summed E-state index contributed by atoms with van der Waals surface area (Å²) < 4.78 is 12.7. The molecule has 0 unspecified atom stereocenters. The van der Waals surface area contributed by atoms with Crippen molar-refractivity contribution in [2.24, 2.45) is 0 Å². The molecule has 2 amide bonds. The number of alkyl halides is 1. The Morgan fingerprint density at radius 2 is 2.16 bits per heavy atom.